The van der Waals surface area contributed by atoms with Gasteiger partial charge in [-0.3, -0.25) is 0 Å². The summed E-state index contributed by atoms with van der Waals surface area (Å²) in [4.78, 5) is 2.57. The van der Waals surface area contributed by atoms with Crippen LogP contribution in [0.3, 0.4) is 0 Å². The first-order valence-corrected chi connectivity index (χ1v) is 6.08. The highest BCUT2D eigenvalue weighted by molar-refractivity contribution is 4.95. The molecule has 0 aromatic heterocycles. The van der Waals surface area contributed by atoms with Gasteiger partial charge in [-0.15, -0.1) is 0 Å². The molecule has 1 saturated carbocycles. The molecule has 0 unspecified atom stereocenters. The fourth-order valence-corrected chi connectivity index (χ4v) is 2.94. The van der Waals surface area contributed by atoms with Gasteiger partial charge in [-0.1, -0.05) is 13.8 Å². The molecule has 0 radical (unpaired) electrons. The van der Waals surface area contributed by atoms with Crippen LogP contribution in [-0.2, 0) is 0 Å². The summed E-state index contributed by atoms with van der Waals surface area (Å²) in [6, 6.07) is 0. The van der Waals surface area contributed by atoms with Gasteiger partial charge in [0, 0.05) is 19.6 Å². The summed E-state index contributed by atoms with van der Waals surface area (Å²) >= 11 is 0. The van der Waals surface area contributed by atoms with E-state index >= 15 is 0 Å². The Morgan fingerprint density at radius 3 is 2.21 bits per heavy atom. The summed E-state index contributed by atoms with van der Waals surface area (Å²) < 4.78 is 0. The van der Waals surface area contributed by atoms with Crippen molar-refractivity contribution in [2.45, 2.75) is 45.6 Å². The quantitative estimate of drug-likeness (QED) is 0.744. The molecule has 1 aliphatic carbocycles. The lowest BCUT2D eigenvalue weighted by Crippen LogP contribution is -2.57. The molecule has 82 valence electrons. The SMILES string of the molecule is CCC1(CC)CN(CC2CC(O)C2)C1. The zero-order valence-corrected chi connectivity index (χ0v) is 9.50. The Kier molecular flexibility index (Phi) is 2.85. The Hall–Kier alpha value is -0.0800. The van der Waals surface area contributed by atoms with Gasteiger partial charge in [0.2, 0.25) is 0 Å². The van der Waals surface area contributed by atoms with E-state index in [1.54, 1.807) is 0 Å². The molecule has 2 aliphatic rings. The van der Waals surface area contributed by atoms with E-state index in [2.05, 4.69) is 18.7 Å². The predicted molar refractivity (Wildman–Crippen MR) is 58.2 cm³/mol. The van der Waals surface area contributed by atoms with Crippen LogP contribution >= 0.6 is 0 Å². The van der Waals surface area contributed by atoms with E-state index in [1.807, 2.05) is 0 Å². The molecule has 2 nitrogen and oxygen atoms in total. The summed E-state index contributed by atoms with van der Waals surface area (Å²) in [7, 11) is 0. The highest BCUT2D eigenvalue weighted by Gasteiger charge is 2.41. The lowest BCUT2D eigenvalue weighted by molar-refractivity contribution is -0.0460. The number of likely N-dealkylation sites (tertiary alicyclic amines) is 1. The van der Waals surface area contributed by atoms with Crippen molar-refractivity contribution in [3.05, 3.63) is 0 Å². The van der Waals surface area contributed by atoms with E-state index in [0.29, 0.717) is 5.41 Å². The van der Waals surface area contributed by atoms with Crippen LogP contribution in [0.25, 0.3) is 0 Å². The second kappa shape index (κ2) is 3.82. The molecule has 0 aromatic rings. The molecule has 1 aliphatic heterocycles. The molecule has 0 spiro atoms. The highest BCUT2D eigenvalue weighted by Crippen LogP contribution is 2.39. The van der Waals surface area contributed by atoms with Crippen LogP contribution in [0, 0.1) is 11.3 Å². The number of nitrogens with zero attached hydrogens (tertiary/aromatic N) is 1. The first kappa shape index (κ1) is 10.4. The van der Waals surface area contributed by atoms with Gasteiger partial charge >= 0.3 is 0 Å². The minimum absolute atomic E-state index is 0.0170. The second-order valence-corrected chi connectivity index (χ2v) is 5.37. The van der Waals surface area contributed by atoms with Gasteiger partial charge in [-0.2, -0.15) is 0 Å². The van der Waals surface area contributed by atoms with Crippen molar-refractivity contribution in [1.29, 1.82) is 0 Å². The van der Waals surface area contributed by atoms with Crippen molar-refractivity contribution in [3.8, 4) is 0 Å². The summed E-state index contributed by atoms with van der Waals surface area (Å²) in [5.41, 5.74) is 0.641. The molecule has 2 heteroatoms. The molecule has 14 heavy (non-hydrogen) atoms. The normalized spacial score (nSPS) is 36.2. The van der Waals surface area contributed by atoms with E-state index in [0.717, 1.165) is 18.8 Å². The monoisotopic (exact) mass is 197 g/mol. The van der Waals surface area contributed by atoms with Crippen LogP contribution in [0.15, 0.2) is 0 Å². The summed E-state index contributed by atoms with van der Waals surface area (Å²) in [6.07, 6.45) is 4.76. The maximum Gasteiger partial charge on any atom is 0.0546 e. The summed E-state index contributed by atoms with van der Waals surface area (Å²) in [5, 5.41) is 9.20. The van der Waals surface area contributed by atoms with Crippen molar-refractivity contribution >= 4 is 0 Å². The molecule has 1 N–H and O–H groups in total. The van der Waals surface area contributed by atoms with Crippen LogP contribution in [-0.4, -0.2) is 35.7 Å². The average Bonchev–Trinajstić information content (AvgIpc) is 2.07. The Bertz CT molecular complexity index is 186. The first-order valence-electron chi connectivity index (χ1n) is 6.08. The van der Waals surface area contributed by atoms with E-state index in [9.17, 15) is 5.11 Å². The average molecular weight is 197 g/mol. The maximum absolute atomic E-state index is 9.20. The van der Waals surface area contributed by atoms with Gasteiger partial charge in [0.25, 0.3) is 0 Å². The number of rotatable bonds is 4. The Balaban J connectivity index is 1.67. The van der Waals surface area contributed by atoms with E-state index < -0.39 is 0 Å². The maximum atomic E-state index is 9.20. The zero-order valence-electron chi connectivity index (χ0n) is 9.50. The number of hydrogen-bond donors (Lipinski definition) is 1. The van der Waals surface area contributed by atoms with Crippen LogP contribution in [0.4, 0.5) is 0 Å². The number of aliphatic hydroxyl groups is 1. The third-order valence-electron chi connectivity index (χ3n) is 4.35. The van der Waals surface area contributed by atoms with Crippen LogP contribution in [0.5, 0.6) is 0 Å². The van der Waals surface area contributed by atoms with E-state index in [1.165, 1.54) is 32.5 Å². The molecule has 1 heterocycles. The summed E-state index contributed by atoms with van der Waals surface area (Å²) in [6.45, 7) is 8.46. The second-order valence-electron chi connectivity index (χ2n) is 5.37. The largest absolute Gasteiger partial charge is 0.393 e. The fraction of sp³-hybridized carbons (Fsp3) is 1.00. The molecule has 0 bridgehead atoms. The molecular weight excluding hydrogens is 174 g/mol. The lowest BCUT2D eigenvalue weighted by atomic mass is 9.73. The topological polar surface area (TPSA) is 23.5 Å². The first-order chi connectivity index (χ1) is 6.67. The van der Waals surface area contributed by atoms with Crippen LogP contribution in [0.2, 0.25) is 0 Å². The third kappa shape index (κ3) is 1.82. The Morgan fingerprint density at radius 2 is 1.79 bits per heavy atom. The summed E-state index contributed by atoms with van der Waals surface area (Å²) in [5.74, 6) is 0.789. The van der Waals surface area contributed by atoms with E-state index in [-0.39, 0.29) is 6.10 Å². The van der Waals surface area contributed by atoms with Crippen molar-refractivity contribution < 1.29 is 5.11 Å². The molecule has 0 aromatic carbocycles. The van der Waals surface area contributed by atoms with Gasteiger partial charge in [-0.25, -0.2) is 0 Å². The van der Waals surface area contributed by atoms with Gasteiger partial charge in [0.05, 0.1) is 6.10 Å². The van der Waals surface area contributed by atoms with Gasteiger partial charge in [0.1, 0.15) is 0 Å². The zero-order chi connectivity index (χ0) is 10.2. The Labute approximate surface area is 87.3 Å². The molecular formula is C12H23NO. The minimum atomic E-state index is 0.0170. The molecule has 2 rings (SSSR count). The predicted octanol–water partition coefficient (Wildman–Crippen LogP) is 1.88. The van der Waals surface area contributed by atoms with Crippen molar-refractivity contribution in [1.82, 2.24) is 4.90 Å². The molecule has 2 fully saturated rings. The molecule has 0 atom stereocenters. The van der Waals surface area contributed by atoms with Crippen molar-refractivity contribution in [3.63, 3.8) is 0 Å². The molecule has 0 amide bonds. The fourth-order valence-electron chi connectivity index (χ4n) is 2.94. The number of hydrogen-bond acceptors (Lipinski definition) is 2. The van der Waals surface area contributed by atoms with E-state index in [4.69, 9.17) is 0 Å². The smallest absolute Gasteiger partial charge is 0.0546 e. The standard InChI is InChI=1S/C12H23NO/c1-3-12(4-2)8-13(9-12)7-10-5-11(14)6-10/h10-11,14H,3-9H2,1-2H3. The van der Waals surface area contributed by atoms with Crippen LogP contribution in [0.1, 0.15) is 39.5 Å². The van der Waals surface area contributed by atoms with Gasteiger partial charge < -0.3 is 10.0 Å². The van der Waals surface area contributed by atoms with Crippen molar-refractivity contribution in [2.75, 3.05) is 19.6 Å². The minimum Gasteiger partial charge on any atom is -0.393 e. The van der Waals surface area contributed by atoms with Gasteiger partial charge in [0.15, 0.2) is 0 Å². The Morgan fingerprint density at radius 1 is 1.21 bits per heavy atom. The third-order valence-corrected chi connectivity index (χ3v) is 4.35. The lowest BCUT2D eigenvalue weighted by Gasteiger charge is -2.52. The highest BCUT2D eigenvalue weighted by atomic mass is 16.3. The van der Waals surface area contributed by atoms with Gasteiger partial charge in [-0.05, 0) is 37.0 Å². The van der Waals surface area contributed by atoms with Crippen LogP contribution < -0.4 is 0 Å². The molecule has 1 saturated heterocycles. The number of aliphatic hydroxyl groups excluding tert-OH is 1. The van der Waals surface area contributed by atoms with Crippen molar-refractivity contribution in [2.24, 2.45) is 11.3 Å².